The van der Waals surface area contributed by atoms with E-state index in [2.05, 4.69) is 13.8 Å². The van der Waals surface area contributed by atoms with Crippen LogP contribution in [0.1, 0.15) is 52.4 Å². The minimum Gasteiger partial charge on any atom is -0.299 e. The number of hydrogen-bond donors (Lipinski definition) is 1. The Morgan fingerprint density at radius 2 is 2.00 bits per heavy atom. The highest BCUT2D eigenvalue weighted by atomic mass is 32.2. The molecule has 1 aromatic carbocycles. The Morgan fingerprint density at radius 3 is 2.71 bits per heavy atom. The predicted molar refractivity (Wildman–Crippen MR) is 97.4 cm³/mol. The molecule has 5 atom stereocenters. The summed E-state index contributed by atoms with van der Waals surface area (Å²) in [5.74, 6) is 2.07. The van der Waals surface area contributed by atoms with E-state index in [-0.39, 0.29) is 11.3 Å². The van der Waals surface area contributed by atoms with E-state index in [1.807, 2.05) is 18.2 Å². The minimum atomic E-state index is -2.71. The van der Waals surface area contributed by atoms with Crippen molar-refractivity contribution in [2.75, 3.05) is 5.75 Å². The molecule has 3 nitrogen and oxygen atoms in total. The molecule has 4 heteroatoms. The molecule has 2 aliphatic rings. The lowest BCUT2D eigenvalue weighted by Gasteiger charge is -2.42. The number of carbonyl (C=O) groups excluding carboxylic acids is 1. The summed E-state index contributed by atoms with van der Waals surface area (Å²) in [4.78, 5) is 12.9. The first-order valence-electron chi connectivity index (χ1n) is 9.19. The zero-order valence-corrected chi connectivity index (χ0v) is 15.6. The second-order valence-electron chi connectivity index (χ2n) is 8.02. The molecule has 0 aliphatic heterocycles. The summed E-state index contributed by atoms with van der Waals surface area (Å²) in [5, 5.41) is 0. The van der Waals surface area contributed by atoms with Crippen molar-refractivity contribution in [2.24, 2.45) is 23.2 Å². The largest absolute Gasteiger partial charge is 0.299 e. The smallest absolute Gasteiger partial charge is 0.136 e. The second kappa shape index (κ2) is 6.62. The lowest BCUT2D eigenvalue weighted by molar-refractivity contribution is -0.130. The molecular formula is C20H29NO2S. The number of benzene rings is 1. The van der Waals surface area contributed by atoms with Crippen molar-refractivity contribution in [3.05, 3.63) is 30.3 Å². The molecule has 2 aliphatic carbocycles. The van der Waals surface area contributed by atoms with Crippen LogP contribution in [0.4, 0.5) is 0 Å². The third kappa shape index (κ3) is 3.17. The van der Waals surface area contributed by atoms with Crippen LogP contribution in [0.25, 0.3) is 0 Å². The van der Waals surface area contributed by atoms with Gasteiger partial charge in [-0.05, 0) is 61.5 Å². The summed E-state index contributed by atoms with van der Waals surface area (Å²) in [7, 11) is -2.71. The Morgan fingerprint density at radius 1 is 1.29 bits per heavy atom. The van der Waals surface area contributed by atoms with Crippen LogP contribution in [0, 0.1) is 27.9 Å². The van der Waals surface area contributed by atoms with Gasteiger partial charge >= 0.3 is 0 Å². The van der Waals surface area contributed by atoms with Crippen molar-refractivity contribution in [3.63, 3.8) is 0 Å². The van der Waals surface area contributed by atoms with Crippen LogP contribution < -0.4 is 0 Å². The quantitative estimate of drug-likeness (QED) is 0.823. The molecule has 0 spiro atoms. The highest BCUT2D eigenvalue weighted by molar-refractivity contribution is 7.92. The number of fused-ring (bicyclic) bond motifs is 1. The summed E-state index contributed by atoms with van der Waals surface area (Å²) < 4.78 is 21.0. The number of carbonyl (C=O) groups is 1. The third-order valence-corrected chi connectivity index (χ3v) is 8.45. The van der Waals surface area contributed by atoms with Crippen LogP contribution in [0.2, 0.25) is 0 Å². The van der Waals surface area contributed by atoms with E-state index in [1.165, 1.54) is 0 Å². The summed E-state index contributed by atoms with van der Waals surface area (Å²) >= 11 is 0. The Labute approximate surface area is 146 Å². The molecule has 0 bridgehead atoms. The fourth-order valence-corrected chi connectivity index (χ4v) is 6.75. The summed E-state index contributed by atoms with van der Waals surface area (Å²) in [6.07, 6.45) is 5.87. The van der Waals surface area contributed by atoms with Gasteiger partial charge in [-0.25, -0.2) is 8.99 Å². The molecule has 1 N–H and O–H groups in total. The lowest BCUT2D eigenvalue weighted by Crippen LogP contribution is -2.39. The van der Waals surface area contributed by atoms with Crippen molar-refractivity contribution in [1.29, 1.82) is 4.78 Å². The molecule has 3 unspecified atom stereocenters. The van der Waals surface area contributed by atoms with E-state index in [4.69, 9.17) is 4.78 Å². The number of nitrogens with one attached hydrogen (secondary N) is 1. The highest BCUT2D eigenvalue weighted by Crippen LogP contribution is 2.57. The van der Waals surface area contributed by atoms with E-state index in [1.54, 1.807) is 12.1 Å². The van der Waals surface area contributed by atoms with Gasteiger partial charge in [-0.3, -0.25) is 4.79 Å². The van der Waals surface area contributed by atoms with Gasteiger partial charge in [-0.15, -0.1) is 0 Å². The van der Waals surface area contributed by atoms with Crippen molar-refractivity contribution in [1.82, 2.24) is 0 Å². The van der Waals surface area contributed by atoms with Crippen LogP contribution in [0.15, 0.2) is 35.2 Å². The van der Waals surface area contributed by atoms with Gasteiger partial charge < -0.3 is 0 Å². The summed E-state index contributed by atoms with van der Waals surface area (Å²) in [6.45, 7) is 4.54. The first kappa shape index (κ1) is 17.7. The van der Waals surface area contributed by atoms with Crippen LogP contribution in [-0.4, -0.2) is 15.7 Å². The van der Waals surface area contributed by atoms with Crippen molar-refractivity contribution in [2.45, 2.75) is 57.3 Å². The van der Waals surface area contributed by atoms with Crippen LogP contribution in [0.3, 0.4) is 0 Å². The normalized spacial score (nSPS) is 33.7. The van der Waals surface area contributed by atoms with Gasteiger partial charge in [0.1, 0.15) is 5.78 Å². The molecule has 1 aromatic rings. The molecule has 3 rings (SSSR count). The topological polar surface area (TPSA) is 58.0 Å². The molecular weight excluding hydrogens is 318 g/mol. The zero-order valence-electron chi connectivity index (χ0n) is 14.8. The average molecular weight is 348 g/mol. The molecule has 0 amide bonds. The fourth-order valence-electron chi connectivity index (χ4n) is 5.22. The Kier molecular flexibility index (Phi) is 4.87. The van der Waals surface area contributed by atoms with E-state index in [0.29, 0.717) is 28.3 Å². The molecule has 0 radical (unpaired) electrons. The highest BCUT2D eigenvalue weighted by Gasteiger charge is 2.52. The molecule has 2 fully saturated rings. The Balaban J connectivity index is 1.67. The SMILES string of the molecule is C[C@H](CCS(=N)(=O)c1ccccc1)C1CCC2C(=O)CCC[C@@]21C. The standard InChI is InChI=1S/C20H29NO2S/c1-15(12-14-24(21,23)16-7-4-3-5-8-16)17-10-11-18-19(22)9-6-13-20(17,18)2/h3-5,7-8,15,17-18,21H,6,9-14H2,1-2H3/t15-,17?,18?,20-,24?/m1/s1. The van der Waals surface area contributed by atoms with Gasteiger partial charge in [0.2, 0.25) is 0 Å². The monoisotopic (exact) mass is 347 g/mol. The third-order valence-electron chi connectivity index (χ3n) is 6.61. The predicted octanol–water partition coefficient (Wildman–Crippen LogP) is 4.90. The van der Waals surface area contributed by atoms with Gasteiger partial charge in [0.05, 0.1) is 9.73 Å². The number of hydrogen-bond acceptors (Lipinski definition) is 3. The second-order valence-corrected chi connectivity index (χ2v) is 10.3. The first-order valence-corrected chi connectivity index (χ1v) is 10.9. The maximum atomic E-state index is 12.7. The fraction of sp³-hybridized carbons (Fsp3) is 0.650. The van der Waals surface area contributed by atoms with E-state index >= 15 is 0 Å². The van der Waals surface area contributed by atoms with E-state index in [0.717, 1.165) is 38.5 Å². The maximum Gasteiger partial charge on any atom is 0.136 e. The van der Waals surface area contributed by atoms with Crippen LogP contribution in [0.5, 0.6) is 0 Å². The van der Waals surface area contributed by atoms with Crippen LogP contribution >= 0.6 is 0 Å². The van der Waals surface area contributed by atoms with E-state index < -0.39 is 9.73 Å². The van der Waals surface area contributed by atoms with Gasteiger partial charge in [0.15, 0.2) is 0 Å². The Bertz CT molecular complexity index is 698. The zero-order chi connectivity index (χ0) is 17.4. The minimum absolute atomic E-state index is 0.129. The maximum absolute atomic E-state index is 12.7. The van der Waals surface area contributed by atoms with Crippen molar-refractivity contribution in [3.8, 4) is 0 Å². The number of Topliss-reactive ketones (excluding diaryl/α,β-unsaturated/α-hetero) is 1. The molecule has 0 aromatic heterocycles. The average Bonchev–Trinajstić information content (AvgIpc) is 2.92. The molecule has 2 saturated carbocycles. The molecule has 132 valence electrons. The van der Waals surface area contributed by atoms with Gasteiger partial charge in [0.25, 0.3) is 0 Å². The molecule has 0 heterocycles. The molecule has 24 heavy (non-hydrogen) atoms. The van der Waals surface area contributed by atoms with Crippen LogP contribution in [-0.2, 0) is 14.5 Å². The molecule has 0 saturated heterocycles. The van der Waals surface area contributed by atoms with Gasteiger partial charge in [0, 0.05) is 23.0 Å². The van der Waals surface area contributed by atoms with Crippen molar-refractivity contribution < 1.29 is 9.00 Å². The summed E-state index contributed by atoms with van der Waals surface area (Å²) in [5.41, 5.74) is 0.129. The van der Waals surface area contributed by atoms with Gasteiger partial charge in [-0.2, -0.15) is 0 Å². The number of rotatable bonds is 5. The lowest BCUT2D eigenvalue weighted by atomic mass is 9.62. The van der Waals surface area contributed by atoms with E-state index in [9.17, 15) is 9.00 Å². The first-order chi connectivity index (χ1) is 11.3. The summed E-state index contributed by atoms with van der Waals surface area (Å²) in [6, 6.07) is 9.19. The van der Waals surface area contributed by atoms with Crippen molar-refractivity contribution >= 4 is 15.5 Å². The Hall–Kier alpha value is -1.16. The number of ketones is 1. The van der Waals surface area contributed by atoms with Gasteiger partial charge in [-0.1, -0.05) is 32.0 Å².